The summed E-state index contributed by atoms with van der Waals surface area (Å²) in [6.07, 6.45) is 5.78. The number of amides is 1. The van der Waals surface area contributed by atoms with Gasteiger partial charge < -0.3 is 9.80 Å². The van der Waals surface area contributed by atoms with E-state index in [1.165, 1.54) is 36.0 Å². The smallest absolute Gasteiger partial charge is 0.282 e. The Bertz CT molecular complexity index is 622. The summed E-state index contributed by atoms with van der Waals surface area (Å²) in [5, 5.41) is 1.58. The molecule has 1 unspecified atom stereocenters. The van der Waals surface area contributed by atoms with Crippen LogP contribution >= 0.6 is 39.3 Å². The molecule has 0 N–H and O–H groups in total. The Kier molecular flexibility index (Phi) is 7.74. The number of halogens is 2. The van der Waals surface area contributed by atoms with Crippen LogP contribution in [0.5, 0.6) is 0 Å². The lowest BCUT2D eigenvalue weighted by Crippen LogP contribution is -2.36. The van der Waals surface area contributed by atoms with Crippen LogP contribution in [-0.4, -0.2) is 53.0 Å². The van der Waals surface area contributed by atoms with Gasteiger partial charge in [-0.3, -0.25) is 4.79 Å². The molecule has 2 aliphatic heterocycles. The van der Waals surface area contributed by atoms with Gasteiger partial charge in [-0.05, 0) is 81.4 Å². The number of likely N-dealkylation sites (tertiary alicyclic amines) is 1. The van der Waals surface area contributed by atoms with E-state index in [4.69, 9.17) is 11.6 Å². The quantitative estimate of drug-likeness (QED) is 0.523. The van der Waals surface area contributed by atoms with E-state index in [2.05, 4.69) is 39.9 Å². The van der Waals surface area contributed by atoms with Gasteiger partial charge in [0.05, 0.1) is 0 Å². The highest BCUT2D eigenvalue weighted by Crippen LogP contribution is 2.30. The minimum atomic E-state index is 0.280. The molecule has 0 aliphatic carbocycles. The Morgan fingerprint density at radius 1 is 1.27 bits per heavy atom. The number of rotatable bonds is 7. The highest BCUT2D eigenvalue weighted by molar-refractivity contribution is 9.10. The SMILES string of the molecule is CCCN1CC(CCN2CCC(Cc3cc(Cl)ccc3Br)CC2)SC1=O. The standard InChI is InChI=1S/C20H28BrClN2OS/c1-2-8-24-14-18(26-20(24)25)7-11-23-9-5-15(6-10-23)12-16-13-17(22)3-4-19(16)21/h3-4,13,15,18H,2,5-12,14H2,1H3. The molecular formula is C20H28BrClN2OS. The molecule has 2 saturated heterocycles. The van der Waals surface area contributed by atoms with Crippen LogP contribution in [-0.2, 0) is 6.42 Å². The Labute approximate surface area is 175 Å². The van der Waals surface area contributed by atoms with Crippen LogP contribution in [0.4, 0.5) is 4.79 Å². The van der Waals surface area contributed by atoms with E-state index >= 15 is 0 Å². The van der Waals surface area contributed by atoms with Gasteiger partial charge in [0.2, 0.25) is 0 Å². The van der Waals surface area contributed by atoms with Crippen LogP contribution in [0.25, 0.3) is 0 Å². The van der Waals surface area contributed by atoms with Crippen LogP contribution in [0.2, 0.25) is 5.02 Å². The average Bonchev–Trinajstić information content (AvgIpc) is 2.98. The molecule has 144 valence electrons. The van der Waals surface area contributed by atoms with E-state index in [1.54, 1.807) is 11.8 Å². The number of nitrogens with zero attached hydrogens (tertiary/aromatic N) is 2. The van der Waals surface area contributed by atoms with E-state index < -0.39 is 0 Å². The molecule has 0 radical (unpaired) electrons. The zero-order valence-corrected chi connectivity index (χ0v) is 18.6. The number of hydrogen-bond donors (Lipinski definition) is 0. The second-order valence-electron chi connectivity index (χ2n) is 7.47. The van der Waals surface area contributed by atoms with Gasteiger partial charge in [0.25, 0.3) is 5.24 Å². The fraction of sp³-hybridized carbons (Fsp3) is 0.650. The van der Waals surface area contributed by atoms with E-state index in [9.17, 15) is 4.79 Å². The molecule has 1 amide bonds. The van der Waals surface area contributed by atoms with Crippen molar-refractivity contribution in [3.05, 3.63) is 33.3 Å². The average molecular weight is 460 g/mol. The largest absolute Gasteiger partial charge is 0.332 e. The summed E-state index contributed by atoms with van der Waals surface area (Å²) in [7, 11) is 0. The molecule has 2 fully saturated rings. The zero-order valence-electron chi connectivity index (χ0n) is 15.4. The maximum absolute atomic E-state index is 12.0. The summed E-state index contributed by atoms with van der Waals surface area (Å²) in [6, 6.07) is 6.08. The van der Waals surface area contributed by atoms with Gasteiger partial charge in [-0.1, -0.05) is 46.2 Å². The van der Waals surface area contributed by atoms with Crippen LogP contribution in [0, 0.1) is 5.92 Å². The molecule has 0 saturated carbocycles. The van der Waals surface area contributed by atoms with Gasteiger partial charge in [-0.25, -0.2) is 0 Å². The van der Waals surface area contributed by atoms with Crippen LogP contribution in [0.1, 0.15) is 38.2 Å². The van der Waals surface area contributed by atoms with Gasteiger partial charge in [0, 0.05) is 27.8 Å². The van der Waals surface area contributed by atoms with Crippen molar-refractivity contribution in [2.75, 3.05) is 32.7 Å². The van der Waals surface area contributed by atoms with Crippen molar-refractivity contribution in [2.24, 2.45) is 5.92 Å². The third-order valence-corrected chi connectivity index (χ3v) is 7.62. The summed E-state index contributed by atoms with van der Waals surface area (Å²) >= 11 is 11.3. The van der Waals surface area contributed by atoms with Crippen molar-refractivity contribution < 1.29 is 4.79 Å². The Morgan fingerprint density at radius 3 is 2.77 bits per heavy atom. The van der Waals surface area contributed by atoms with E-state index in [0.717, 1.165) is 49.8 Å². The fourth-order valence-electron chi connectivity index (χ4n) is 3.93. The van der Waals surface area contributed by atoms with Gasteiger partial charge >= 0.3 is 0 Å². The van der Waals surface area contributed by atoms with Gasteiger partial charge in [-0.15, -0.1) is 0 Å². The van der Waals surface area contributed by atoms with Crippen molar-refractivity contribution >= 4 is 44.5 Å². The van der Waals surface area contributed by atoms with Crippen molar-refractivity contribution in [3.8, 4) is 0 Å². The first-order valence-electron chi connectivity index (χ1n) is 9.67. The lowest BCUT2D eigenvalue weighted by molar-refractivity contribution is 0.180. The topological polar surface area (TPSA) is 23.6 Å². The minimum Gasteiger partial charge on any atom is -0.332 e. The summed E-state index contributed by atoms with van der Waals surface area (Å²) < 4.78 is 1.17. The molecule has 1 aromatic rings. The van der Waals surface area contributed by atoms with Gasteiger partial charge in [0.1, 0.15) is 0 Å². The highest BCUT2D eigenvalue weighted by Gasteiger charge is 2.30. The molecule has 1 aromatic carbocycles. The maximum atomic E-state index is 12.0. The molecule has 3 nitrogen and oxygen atoms in total. The second-order valence-corrected chi connectivity index (χ2v) is 10.0. The summed E-state index contributed by atoms with van der Waals surface area (Å²) in [5.74, 6) is 0.739. The monoisotopic (exact) mass is 458 g/mol. The molecule has 0 spiro atoms. The molecule has 2 heterocycles. The summed E-state index contributed by atoms with van der Waals surface area (Å²) in [5.41, 5.74) is 1.33. The second kappa shape index (κ2) is 9.81. The normalized spacial score (nSPS) is 22.3. The Balaban J connectivity index is 1.39. The number of hydrogen-bond acceptors (Lipinski definition) is 3. The Hall–Kier alpha value is -0.230. The van der Waals surface area contributed by atoms with Crippen molar-refractivity contribution in [2.45, 2.75) is 44.3 Å². The van der Waals surface area contributed by atoms with Crippen LogP contribution in [0.3, 0.4) is 0 Å². The van der Waals surface area contributed by atoms with E-state index in [1.807, 2.05) is 11.0 Å². The molecule has 26 heavy (non-hydrogen) atoms. The van der Waals surface area contributed by atoms with E-state index in [0.29, 0.717) is 5.25 Å². The molecular weight excluding hydrogens is 432 g/mol. The predicted octanol–water partition coefficient (Wildman–Crippen LogP) is 5.69. The number of piperidine rings is 1. The van der Waals surface area contributed by atoms with Crippen molar-refractivity contribution in [1.29, 1.82) is 0 Å². The predicted molar refractivity (Wildman–Crippen MR) is 115 cm³/mol. The molecule has 2 aliphatic rings. The van der Waals surface area contributed by atoms with Gasteiger partial charge in [-0.2, -0.15) is 0 Å². The number of carbonyl (C=O) groups excluding carboxylic acids is 1. The molecule has 6 heteroatoms. The van der Waals surface area contributed by atoms with E-state index in [-0.39, 0.29) is 5.24 Å². The number of thioether (sulfide) groups is 1. The minimum absolute atomic E-state index is 0.280. The molecule has 1 atom stereocenters. The number of carbonyl (C=O) groups is 1. The van der Waals surface area contributed by atoms with Gasteiger partial charge in [0.15, 0.2) is 0 Å². The fourth-order valence-corrected chi connectivity index (χ4v) is 5.61. The first-order valence-corrected chi connectivity index (χ1v) is 11.7. The van der Waals surface area contributed by atoms with Crippen molar-refractivity contribution in [3.63, 3.8) is 0 Å². The highest BCUT2D eigenvalue weighted by atomic mass is 79.9. The number of benzene rings is 1. The van der Waals surface area contributed by atoms with Crippen LogP contribution in [0.15, 0.2) is 22.7 Å². The summed E-state index contributed by atoms with van der Waals surface area (Å²) in [6.45, 7) is 7.46. The third-order valence-electron chi connectivity index (χ3n) is 5.43. The molecule has 0 bridgehead atoms. The van der Waals surface area contributed by atoms with Crippen molar-refractivity contribution in [1.82, 2.24) is 9.80 Å². The summed E-state index contributed by atoms with van der Waals surface area (Å²) in [4.78, 5) is 16.6. The lowest BCUT2D eigenvalue weighted by atomic mass is 9.90. The first-order chi connectivity index (χ1) is 12.5. The third kappa shape index (κ3) is 5.63. The molecule has 0 aromatic heterocycles. The zero-order chi connectivity index (χ0) is 18.5. The lowest BCUT2D eigenvalue weighted by Gasteiger charge is -2.32. The Morgan fingerprint density at radius 2 is 2.04 bits per heavy atom. The first kappa shape index (κ1) is 20.5. The maximum Gasteiger partial charge on any atom is 0.282 e. The molecule has 3 rings (SSSR count). The van der Waals surface area contributed by atoms with Crippen LogP contribution < -0.4 is 0 Å².